The first kappa shape index (κ1) is 14.9. The molecule has 1 aromatic rings. The van der Waals surface area contributed by atoms with E-state index in [1.54, 1.807) is 0 Å². The van der Waals surface area contributed by atoms with Gasteiger partial charge >= 0.3 is 0 Å². The van der Waals surface area contributed by atoms with Crippen molar-refractivity contribution in [1.29, 1.82) is 0 Å². The molecule has 112 valence electrons. The zero-order valence-electron chi connectivity index (χ0n) is 12.1. The van der Waals surface area contributed by atoms with Crippen LogP contribution in [0.25, 0.3) is 0 Å². The van der Waals surface area contributed by atoms with E-state index >= 15 is 0 Å². The molecule has 0 amide bonds. The van der Waals surface area contributed by atoms with Gasteiger partial charge in [-0.2, -0.15) is 0 Å². The highest BCUT2D eigenvalue weighted by Gasteiger charge is 2.15. The van der Waals surface area contributed by atoms with Gasteiger partial charge < -0.3 is 25.2 Å². The maximum atomic E-state index is 8.76. The molecule has 0 saturated carbocycles. The second-order valence-corrected chi connectivity index (χ2v) is 5.22. The molecule has 0 saturated heterocycles. The van der Waals surface area contributed by atoms with E-state index in [0.717, 1.165) is 55.1 Å². The first-order chi connectivity index (χ1) is 9.70. The van der Waals surface area contributed by atoms with Crippen molar-refractivity contribution in [3.8, 4) is 11.5 Å². The minimum absolute atomic E-state index is 0.277. The van der Waals surface area contributed by atoms with Crippen LogP contribution >= 0.6 is 0 Å². The Hall–Kier alpha value is -1.46. The molecular formula is C15H24N2O3. The smallest absolute Gasteiger partial charge is 0.163 e. The van der Waals surface area contributed by atoms with Gasteiger partial charge in [-0.05, 0) is 44.5 Å². The molecule has 0 fully saturated rings. The number of benzene rings is 1. The van der Waals surface area contributed by atoms with Crippen LogP contribution < -0.4 is 15.2 Å². The summed E-state index contributed by atoms with van der Waals surface area (Å²) in [5.74, 6) is 1.53. The predicted molar refractivity (Wildman–Crippen MR) is 79.1 cm³/mol. The van der Waals surface area contributed by atoms with Crippen molar-refractivity contribution in [1.82, 2.24) is 4.90 Å². The first-order valence-corrected chi connectivity index (χ1v) is 7.18. The molecule has 0 aliphatic carbocycles. The van der Waals surface area contributed by atoms with E-state index in [4.69, 9.17) is 20.3 Å². The number of nitrogen functional groups attached to an aromatic ring is 1. The number of rotatable bonds is 7. The molecule has 0 bridgehead atoms. The number of nitrogens with zero attached hydrogens (tertiary/aromatic N) is 1. The molecule has 1 aliphatic heterocycles. The van der Waals surface area contributed by atoms with Crippen molar-refractivity contribution in [2.24, 2.45) is 0 Å². The maximum Gasteiger partial charge on any atom is 0.163 e. The fraction of sp³-hybridized carbons (Fsp3) is 0.600. The predicted octanol–water partition coefficient (Wildman–Crippen LogP) is 1.63. The van der Waals surface area contributed by atoms with Crippen LogP contribution in [0, 0.1) is 0 Å². The fourth-order valence-corrected chi connectivity index (χ4v) is 2.32. The Kier molecular flexibility index (Phi) is 5.49. The normalized spacial score (nSPS) is 13.8. The van der Waals surface area contributed by atoms with Gasteiger partial charge in [-0.3, -0.25) is 0 Å². The van der Waals surface area contributed by atoms with Gasteiger partial charge in [0.15, 0.2) is 11.5 Å². The molecule has 0 radical (unpaired) electrons. The van der Waals surface area contributed by atoms with Crippen molar-refractivity contribution >= 4 is 5.69 Å². The summed E-state index contributed by atoms with van der Waals surface area (Å²) in [5, 5.41) is 8.76. The summed E-state index contributed by atoms with van der Waals surface area (Å²) in [6.07, 6.45) is 3.01. The summed E-state index contributed by atoms with van der Waals surface area (Å²) in [6.45, 7) is 3.23. The van der Waals surface area contributed by atoms with Crippen molar-refractivity contribution in [3.63, 3.8) is 0 Å². The Balaban J connectivity index is 1.91. The number of unbranched alkanes of at least 4 members (excludes halogenated alkanes) is 2. The van der Waals surface area contributed by atoms with Crippen LogP contribution in [0.5, 0.6) is 11.5 Å². The van der Waals surface area contributed by atoms with Gasteiger partial charge in [-0.25, -0.2) is 0 Å². The molecular weight excluding hydrogens is 256 g/mol. The summed E-state index contributed by atoms with van der Waals surface area (Å²) < 4.78 is 11.1. The molecule has 20 heavy (non-hydrogen) atoms. The molecule has 1 aliphatic rings. The largest absolute Gasteiger partial charge is 0.486 e. The molecule has 1 aromatic carbocycles. The van der Waals surface area contributed by atoms with Crippen LogP contribution in [0.2, 0.25) is 0 Å². The lowest BCUT2D eigenvalue weighted by Crippen LogP contribution is -2.21. The molecule has 3 N–H and O–H groups in total. The number of aliphatic hydroxyl groups is 1. The highest BCUT2D eigenvalue weighted by Crippen LogP contribution is 2.34. The zero-order valence-corrected chi connectivity index (χ0v) is 12.1. The number of nitrogens with two attached hydrogens (primary N) is 1. The molecule has 0 spiro atoms. The summed E-state index contributed by atoms with van der Waals surface area (Å²) in [7, 11) is 2.08. The first-order valence-electron chi connectivity index (χ1n) is 7.18. The number of aliphatic hydroxyl groups excluding tert-OH is 1. The molecule has 0 aromatic heterocycles. The van der Waals surface area contributed by atoms with E-state index in [1.807, 2.05) is 12.1 Å². The quantitative estimate of drug-likeness (QED) is 0.587. The van der Waals surface area contributed by atoms with E-state index < -0.39 is 0 Å². The van der Waals surface area contributed by atoms with Crippen molar-refractivity contribution in [2.75, 3.05) is 39.1 Å². The number of ether oxygens (including phenoxy) is 2. The second kappa shape index (κ2) is 7.36. The van der Waals surface area contributed by atoms with E-state index in [1.165, 1.54) is 0 Å². The van der Waals surface area contributed by atoms with Crippen LogP contribution in [0.1, 0.15) is 24.8 Å². The van der Waals surface area contributed by atoms with E-state index in [2.05, 4.69) is 11.9 Å². The summed E-state index contributed by atoms with van der Waals surface area (Å²) in [4.78, 5) is 2.24. The van der Waals surface area contributed by atoms with Gasteiger partial charge in [-0.15, -0.1) is 0 Å². The van der Waals surface area contributed by atoms with Crippen LogP contribution in [0.4, 0.5) is 5.69 Å². The van der Waals surface area contributed by atoms with Gasteiger partial charge in [0.05, 0.1) is 0 Å². The molecule has 5 heteroatoms. The highest BCUT2D eigenvalue weighted by atomic mass is 16.6. The number of hydrogen-bond donors (Lipinski definition) is 2. The van der Waals surface area contributed by atoms with Crippen molar-refractivity contribution < 1.29 is 14.6 Å². The minimum Gasteiger partial charge on any atom is -0.486 e. The van der Waals surface area contributed by atoms with E-state index in [9.17, 15) is 0 Å². The van der Waals surface area contributed by atoms with E-state index in [-0.39, 0.29) is 6.61 Å². The van der Waals surface area contributed by atoms with Crippen LogP contribution in [-0.2, 0) is 6.54 Å². The number of hydrogen-bond acceptors (Lipinski definition) is 5. The van der Waals surface area contributed by atoms with Gasteiger partial charge in [0.1, 0.15) is 13.2 Å². The van der Waals surface area contributed by atoms with Crippen LogP contribution in [0.15, 0.2) is 12.1 Å². The third-order valence-corrected chi connectivity index (χ3v) is 3.44. The second-order valence-electron chi connectivity index (χ2n) is 5.22. The van der Waals surface area contributed by atoms with Gasteiger partial charge in [0.2, 0.25) is 0 Å². The fourth-order valence-electron chi connectivity index (χ4n) is 2.32. The third kappa shape index (κ3) is 4.02. The Bertz CT molecular complexity index is 437. The standard InChI is InChI=1S/C15H24N2O3/c1-17(5-3-2-4-6-18)11-12-9-14-15(10-13(12)16)20-8-7-19-14/h9-10,18H,2-8,11,16H2,1H3. The zero-order chi connectivity index (χ0) is 14.4. The Labute approximate surface area is 120 Å². The minimum atomic E-state index is 0.277. The number of anilines is 1. The molecule has 0 atom stereocenters. The SMILES string of the molecule is CN(CCCCCO)Cc1cc2c(cc1N)OCCO2. The molecule has 1 heterocycles. The lowest BCUT2D eigenvalue weighted by atomic mass is 10.1. The average Bonchev–Trinajstić information content (AvgIpc) is 2.44. The number of fused-ring (bicyclic) bond motifs is 1. The Morgan fingerprint density at radius 2 is 1.85 bits per heavy atom. The third-order valence-electron chi connectivity index (χ3n) is 3.44. The Morgan fingerprint density at radius 1 is 1.15 bits per heavy atom. The van der Waals surface area contributed by atoms with Crippen molar-refractivity contribution in [2.45, 2.75) is 25.8 Å². The monoisotopic (exact) mass is 280 g/mol. The summed E-state index contributed by atoms with van der Waals surface area (Å²) >= 11 is 0. The maximum absolute atomic E-state index is 8.76. The van der Waals surface area contributed by atoms with Gasteiger partial charge in [0, 0.05) is 24.9 Å². The van der Waals surface area contributed by atoms with Gasteiger partial charge in [0.25, 0.3) is 0 Å². The van der Waals surface area contributed by atoms with Gasteiger partial charge in [-0.1, -0.05) is 0 Å². The lowest BCUT2D eigenvalue weighted by molar-refractivity contribution is 0.171. The molecule has 5 nitrogen and oxygen atoms in total. The molecule has 2 rings (SSSR count). The van der Waals surface area contributed by atoms with E-state index in [0.29, 0.717) is 13.2 Å². The highest BCUT2D eigenvalue weighted by molar-refractivity contribution is 5.58. The van der Waals surface area contributed by atoms with Crippen LogP contribution in [-0.4, -0.2) is 43.4 Å². The average molecular weight is 280 g/mol. The van der Waals surface area contributed by atoms with Crippen LogP contribution in [0.3, 0.4) is 0 Å². The topological polar surface area (TPSA) is 68.0 Å². The summed E-state index contributed by atoms with van der Waals surface area (Å²) in [6, 6.07) is 3.83. The Morgan fingerprint density at radius 3 is 2.55 bits per heavy atom. The molecule has 0 unspecified atom stereocenters. The lowest BCUT2D eigenvalue weighted by Gasteiger charge is -2.22. The van der Waals surface area contributed by atoms with Crippen molar-refractivity contribution in [3.05, 3.63) is 17.7 Å². The summed E-state index contributed by atoms with van der Waals surface area (Å²) in [5.41, 5.74) is 7.89.